The number of aryl methyl sites for hydroxylation is 3. The molecule has 0 aliphatic carbocycles. The van der Waals surface area contributed by atoms with Gasteiger partial charge in [-0.05, 0) is 6.42 Å². The van der Waals surface area contributed by atoms with Gasteiger partial charge in [-0.15, -0.1) is 22.9 Å². The Morgan fingerprint density at radius 1 is 1.47 bits per heavy atom. The van der Waals surface area contributed by atoms with Gasteiger partial charge in [0, 0.05) is 37.2 Å². The molecule has 0 aliphatic heterocycles. The standard InChI is InChI=1S/C12H16ClN3S/c1-2-11-14-5-7-16(11)6-3-4-12-15-10(8-13)9-17-12/h5,7,9H,2-4,6,8H2,1H3. The van der Waals surface area contributed by atoms with E-state index in [2.05, 4.69) is 21.5 Å². The highest BCUT2D eigenvalue weighted by molar-refractivity contribution is 7.09. The van der Waals surface area contributed by atoms with E-state index in [0.717, 1.165) is 37.3 Å². The summed E-state index contributed by atoms with van der Waals surface area (Å²) in [6, 6.07) is 0. The van der Waals surface area contributed by atoms with Gasteiger partial charge in [0.25, 0.3) is 0 Å². The number of nitrogens with zero attached hydrogens (tertiary/aromatic N) is 3. The normalized spacial score (nSPS) is 10.9. The molecule has 3 nitrogen and oxygen atoms in total. The number of halogens is 1. The Labute approximate surface area is 110 Å². The van der Waals surface area contributed by atoms with Crippen molar-refractivity contribution in [2.75, 3.05) is 0 Å². The van der Waals surface area contributed by atoms with Crippen molar-refractivity contribution in [1.29, 1.82) is 0 Å². The molecule has 5 heteroatoms. The molecule has 0 atom stereocenters. The zero-order valence-corrected chi connectivity index (χ0v) is 11.5. The van der Waals surface area contributed by atoms with Gasteiger partial charge in [0.2, 0.25) is 0 Å². The van der Waals surface area contributed by atoms with Gasteiger partial charge >= 0.3 is 0 Å². The first-order valence-corrected chi connectivity index (χ1v) is 7.24. The Kier molecular flexibility index (Phi) is 4.57. The van der Waals surface area contributed by atoms with Crippen molar-refractivity contribution >= 4 is 22.9 Å². The molecule has 0 aromatic carbocycles. The van der Waals surface area contributed by atoms with E-state index in [9.17, 15) is 0 Å². The van der Waals surface area contributed by atoms with Crippen LogP contribution in [0.2, 0.25) is 0 Å². The molecular formula is C12H16ClN3S. The topological polar surface area (TPSA) is 30.7 Å². The molecular weight excluding hydrogens is 254 g/mol. The number of alkyl halides is 1. The summed E-state index contributed by atoms with van der Waals surface area (Å²) in [4.78, 5) is 8.76. The molecule has 2 aromatic heterocycles. The lowest BCUT2D eigenvalue weighted by Gasteiger charge is -2.04. The van der Waals surface area contributed by atoms with E-state index in [1.54, 1.807) is 11.3 Å². The van der Waals surface area contributed by atoms with Gasteiger partial charge in [0.15, 0.2) is 0 Å². The molecule has 2 aromatic rings. The van der Waals surface area contributed by atoms with Crippen molar-refractivity contribution in [1.82, 2.24) is 14.5 Å². The van der Waals surface area contributed by atoms with Crippen LogP contribution < -0.4 is 0 Å². The Bertz CT molecular complexity index is 464. The highest BCUT2D eigenvalue weighted by atomic mass is 35.5. The van der Waals surface area contributed by atoms with Crippen LogP contribution in [-0.4, -0.2) is 14.5 Å². The van der Waals surface area contributed by atoms with Gasteiger partial charge in [-0.3, -0.25) is 0 Å². The van der Waals surface area contributed by atoms with E-state index in [1.165, 1.54) is 5.01 Å². The molecule has 0 amide bonds. The highest BCUT2D eigenvalue weighted by Crippen LogP contribution is 2.14. The quantitative estimate of drug-likeness (QED) is 0.754. The summed E-state index contributed by atoms with van der Waals surface area (Å²) in [5.41, 5.74) is 0.989. The summed E-state index contributed by atoms with van der Waals surface area (Å²) in [5.74, 6) is 1.67. The molecule has 0 unspecified atom stereocenters. The van der Waals surface area contributed by atoms with E-state index < -0.39 is 0 Å². The number of aromatic nitrogens is 3. The summed E-state index contributed by atoms with van der Waals surface area (Å²) >= 11 is 7.43. The van der Waals surface area contributed by atoms with Gasteiger partial charge in [-0.25, -0.2) is 9.97 Å². The summed E-state index contributed by atoms with van der Waals surface area (Å²) < 4.78 is 2.22. The van der Waals surface area contributed by atoms with Crippen LogP contribution in [0.3, 0.4) is 0 Å². The maximum absolute atomic E-state index is 5.73. The lowest BCUT2D eigenvalue weighted by molar-refractivity contribution is 0.613. The second kappa shape index (κ2) is 6.17. The smallest absolute Gasteiger partial charge is 0.108 e. The summed E-state index contributed by atoms with van der Waals surface area (Å²) in [7, 11) is 0. The Morgan fingerprint density at radius 3 is 3.06 bits per heavy atom. The minimum absolute atomic E-state index is 0.512. The molecule has 0 bridgehead atoms. The maximum atomic E-state index is 5.73. The molecule has 0 saturated carbocycles. The third-order valence-corrected chi connectivity index (χ3v) is 3.88. The predicted octanol–water partition coefficient (Wildman–Crippen LogP) is 3.27. The molecule has 0 N–H and O–H groups in total. The van der Waals surface area contributed by atoms with Crippen molar-refractivity contribution in [3.05, 3.63) is 34.3 Å². The minimum atomic E-state index is 0.512. The number of thiazole rings is 1. The summed E-state index contributed by atoms with van der Waals surface area (Å²) in [5, 5.41) is 3.22. The first kappa shape index (κ1) is 12.6. The molecule has 0 aliphatic rings. The van der Waals surface area contributed by atoms with E-state index in [-0.39, 0.29) is 0 Å². The fourth-order valence-electron chi connectivity index (χ4n) is 1.78. The zero-order chi connectivity index (χ0) is 12.1. The van der Waals surface area contributed by atoms with Crippen LogP contribution in [0.15, 0.2) is 17.8 Å². The van der Waals surface area contributed by atoms with Crippen molar-refractivity contribution in [3.63, 3.8) is 0 Å². The van der Waals surface area contributed by atoms with E-state index >= 15 is 0 Å². The molecule has 0 spiro atoms. The van der Waals surface area contributed by atoms with Crippen LogP contribution in [0.1, 0.15) is 29.9 Å². The molecule has 2 heterocycles. The Balaban J connectivity index is 1.83. The average Bonchev–Trinajstić information content (AvgIpc) is 2.97. The SMILES string of the molecule is CCc1nccn1CCCc1nc(CCl)cs1. The lowest BCUT2D eigenvalue weighted by Crippen LogP contribution is -2.03. The Hall–Kier alpha value is -0.870. The third kappa shape index (κ3) is 3.30. The van der Waals surface area contributed by atoms with E-state index in [0.29, 0.717) is 5.88 Å². The van der Waals surface area contributed by atoms with E-state index in [1.807, 2.05) is 17.8 Å². The van der Waals surface area contributed by atoms with Crippen molar-refractivity contribution in [3.8, 4) is 0 Å². The minimum Gasteiger partial charge on any atom is -0.335 e. The second-order valence-electron chi connectivity index (χ2n) is 3.86. The van der Waals surface area contributed by atoms with Gasteiger partial charge in [0.05, 0.1) is 16.6 Å². The molecule has 0 radical (unpaired) electrons. The van der Waals surface area contributed by atoms with Crippen LogP contribution in [0.25, 0.3) is 0 Å². The van der Waals surface area contributed by atoms with Crippen molar-refractivity contribution in [2.24, 2.45) is 0 Å². The maximum Gasteiger partial charge on any atom is 0.108 e. The Morgan fingerprint density at radius 2 is 2.35 bits per heavy atom. The first-order chi connectivity index (χ1) is 8.33. The van der Waals surface area contributed by atoms with Crippen LogP contribution >= 0.6 is 22.9 Å². The summed E-state index contributed by atoms with van der Waals surface area (Å²) in [6.07, 6.45) is 7.01. The molecule has 2 rings (SSSR count). The fourth-order valence-corrected chi connectivity index (χ4v) is 2.85. The van der Waals surface area contributed by atoms with Crippen LogP contribution in [0, 0.1) is 0 Å². The van der Waals surface area contributed by atoms with E-state index in [4.69, 9.17) is 11.6 Å². The first-order valence-electron chi connectivity index (χ1n) is 5.82. The van der Waals surface area contributed by atoms with Crippen molar-refractivity contribution in [2.45, 2.75) is 38.6 Å². The molecule has 0 fully saturated rings. The summed E-state index contributed by atoms with van der Waals surface area (Å²) in [6.45, 7) is 3.14. The molecule has 17 heavy (non-hydrogen) atoms. The lowest BCUT2D eigenvalue weighted by atomic mass is 10.3. The zero-order valence-electron chi connectivity index (χ0n) is 9.90. The predicted molar refractivity (Wildman–Crippen MR) is 71.6 cm³/mol. The van der Waals surface area contributed by atoms with Gasteiger partial charge in [-0.1, -0.05) is 6.92 Å². The van der Waals surface area contributed by atoms with Gasteiger partial charge < -0.3 is 4.57 Å². The number of hydrogen-bond acceptors (Lipinski definition) is 3. The monoisotopic (exact) mass is 269 g/mol. The number of imidazole rings is 1. The van der Waals surface area contributed by atoms with Crippen LogP contribution in [0.5, 0.6) is 0 Å². The van der Waals surface area contributed by atoms with Crippen molar-refractivity contribution < 1.29 is 0 Å². The third-order valence-electron chi connectivity index (χ3n) is 2.64. The van der Waals surface area contributed by atoms with Crippen LogP contribution in [0.4, 0.5) is 0 Å². The number of rotatable bonds is 6. The highest BCUT2D eigenvalue weighted by Gasteiger charge is 2.03. The average molecular weight is 270 g/mol. The molecule has 92 valence electrons. The second-order valence-corrected chi connectivity index (χ2v) is 5.07. The van der Waals surface area contributed by atoms with Crippen LogP contribution in [-0.2, 0) is 25.3 Å². The largest absolute Gasteiger partial charge is 0.335 e. The van der Waals surface area contributed by atoms with Gasteiger partial charge in [0.1, 0.15) is 5.82 Å². The number of hydrogen-bond donors (Lipinski definition) is 0. The van der Waals surface area contributed by atoms with Gasteiger partial charge in [-0.2, -0.15) is 0 Å². The molecule has 0 saturated heterocycles. The fraction of sp³-hybridized carbons (Fsp3) is 0.500.